The number of hydrogen-bond donors (Lipinski definition) is 4. The molecule has 0 bridgehead atoms. The van der Waals surface area contributed by atoms with Crippen molar-refractivity contribution < 1.29 is 31.8 Å². The molecule has 2 aliphatic rings. The van der Waals surface area contributed by atoms with E-state index < -0.39 is 16.2 Å². The van der Waals surface area contributed by atoms with Gasteiger partial charge < -0.3 is 24.7 Å². The number of nitrogens with zero attached hydrogens (tertiary/aromatic N) is 1. The normalized spacial score (nSPS) is 22.3. The molecule has 0 spiro atoms. The van der Waals surface area contributed by atoms with Gasteiger partial charge in [-0.25, -0.2) is 0 Å². The summed E-state index contributed by atoms with van der Waals surface area (Å²) >= 11 is 0. The average Bonchev–Trinajstić information content (AvgIpc) is 3.19. The number of rotatable bonds is 5. The molecule has 1 aliphatic heterocycles. The highest BCUT2D eigenvalue weighted by Crippen LogP contribution is 2.50. The number of amides is 1. The minimum absolute atomic E-state index is 0.167. The zero-order valence-electron chi connectivity index (χ0n) is 23.5. The van der Waals surface area contributed by atoms with Crippen LogP contribution in [0.1, 0.15) is 70.9 Å². The van der Waals surface area contributed by atoms with Crippen molar-refractivity contribution in [3.63, 3.8) is 0 Å². The first-order valence-corrected chi connectivity index (χ1v) is 14.3. The zero-order chi connectivity index (χ0) is 29.3. The number of hydrogen-bond acceptors (Lipinski definition) is 7. The summed E-state index contributed by atoms with van der Waals surface area (Å²) in [5.74, 6) is 0.732. The third-order valence-electron chi connectivity index (χ3n) is 7.61. The van der Waals surface area contributed by atoms with Crippen LogP contribution in [0.4, 0.5) is 0 Å². The van der Waals surface area contributed by atoms with E-state index in [0.29, 0.717) is 28.8 Å². The molecule has 1 fully saturated rings. The maximum absolute atomic E-state index is 13.1. The molecule has 216 valence electrons. The number of H-pyrrole nitrogens is 1. The molecule has 0 saturated heterocycles. The Morgan fingerprint density at radius 3 is 2.15 bits per heavy atom. The van der Waals surface area contributed by atoms with Crippen LogP contribution in [0.15, 0.2) is 16.9 Å². The summed E-state index contributed by atoms with van der Waals surface area (Å²) < 4.78 is 44.5. The molecular formula is C27H39N3O8S. The Balaban J connectivity index is 0.000000771. The van der Waals surface area contributed by atoms with Gasteiger partial charge in [-0.05, 0) is 90.7 Å². The Labute approximate surface area is 229 Å². The van der Waals surface area contributed by atoms with E-state index in [-0.39, 0.29) is 18.0 Å². The minimum atomic E-state index is -4.67. The van der Waals surface area contributed by atoms with E-state index in [0.717, 1.165) is 53.8 Å². The molecule has 11 nitrogen and oxygen atoms in total. The van der Waals surface area contributed by atoms with Gasteiger partial charge in [0.25, 0.3) is 17.3 Å². The van der Waals surface area contributed by atoms with E-state index in [2.05, 4.69) is 29.3 Å². The molecule has 4 N–H and O–H groups in total. The van der Waals surface area contributed by atoms with Gasteiger partial charge in [-0.3, -0.25) is 18.7 Å². The van der Waals surface area contributed by atoms with Crippen LogP contribution in [0.25, 0.3) is 0 Å². The number of nitrogens with one attached hydrogen (secondary N) is 2. The molecule has 0 unspecified atom stereocenters. The number of carbonyl (C=O) groups excluding carboxylic acids is 1. The van der Waals surface area contributed by atoms with Crippen LogP contribution in [0.3, 0.4) is 0 Å². The molecule has 4 rings (SSSR count). The highest BCUT2D eigenvalue weighted by molar-refractivity contribution is 7.79. The molecule has 1 aliphatic carbocycles. The largest absolute Gasteiger partial charge is 0.448 e. The monoisotopic (exact) mass is 565 g/mol. The number of aromatic nitrogens is 1. The molecule has 0 radical (unpaired) electrons. The molecule has 1 aromatic heterocycles. The van der Waals surface area contributed by atoms with Crippen molar-refractivity contribution >= 4 is 16.3 Å². The van der Waals surface area contributed by atoms with Crippen LogP contribution >= 0.6 is 0 Å². The van der Waals surface area contributed by atoms with E-state index in [4.69, 9.17) is 27.0 Å². The third-order valence-corrected chi connectivity index (χ3v) is 7.61. The second-order valence-electron chi connectivity index (χ2n) is 10.8. The lowest BCUT2D eigenvalue weighted by atomic mass is 9.81. The van der Waals surface area contributed by atoms with E-state index >= 15 is 0 Å². The van der Waals surface area contributed by atoms with Gasteiger partial charge in [-0.2, -0.15) is 8.42 Å². The van der Waals surface area contributed by atoms with E-state index in [1.54, 1.807) is 0 Å². The smallest absolute Gasteiger partial charge is 0.394 e. The summed E-state index contributed by atoms with van der Waals surface area (Å²) in [5, 5.41) is 2.92. The summed E-state index contributed by atoms with van der Waals surface area (Å²) in [6, 6.07) is 4.37. The highest BCUT2D eigenvalue weighted by atomic mass is 32.3. The molecule has 1 amide bonds. The first-order chi connectivity index (χ1) is 18.0. The van der Waals surface area contributed by atoms with Crippen molar-refractivity contribution in [3.05, 3.63) is 56.0 Å². The standard InChI is InChI=1S/C27H37N3O4.H2O4S/c1-15-12-17(3)29-26(32)22(15)14-28-25(31)21-13-16(2)23-24(18(21)4)34-27(5,33-23)19-8-10-20(11-9-19)30(6)7;1-5(2,3)4/h12-13,19-20H,8-11,14H2,1-7H3,(H,28,31)(H,29,32);(H2,1,2,3,4)/t19-,20-,27-;/m0./s1. The van der Waals surface area contributed by atoms with Crippen LogP contribution in [-0.4, -0.2) is 59.2 Å². The van der Waals surface area contributed by atoms with Crippen molar-refractivity contribution in [2.75, 3.05) is 14.1 Å². The first kappa shape index (κ1) is 30.6. The van der Waals surface area contributed by atoms with E-state index in [1.807, 2.05) is 46.8 Å². The molecule has 39 heavy (non-hydrogen) atoms. The molecular weight excluding hydrogens is 526 g/mol. The first-order valence-electron chi connectivity index (χ1n) is 12.9. The number of pyridine rings is 1. The maximum Gasteiger partial charge on any atom is 0.394 e. The van der Waals surface area contributed by atoms with Gasteiger partial charge in [0.2, 0.25) is 0 Å². The number of benzene rings is 1. The molecule has 2 aromatic rings. The zero-order valence-corrected chi connectivity index (χ0v) is 24.4. The Morgan fingerprint density at radius 2 is 1.62 bits per heavy atom. The van der Waals surface area contributed by atoms with Crippen molar-refractivity contribution in [1.29, 1.82) is 0 Å². The predicted octanol–water partition coefficient (Wildman–Crippen LogP) is 3.49. The van der Waals surface area contributed by atoms with E-state index in [1.165, 1.54) is 0 Å². The average molecular weight is 566 g/mol. The molecule has 1 aromatic carbocycles. The lowest BCUT2D eigenvalue weighted by molar-refractivity contribution is -0.123. The minimum Gasteiger partial charge on any atom is -0.448 e. The topological polar surface area (TPSA) is 158 Å². The van der Waals surface area contributed by atoms with Crippen molar-refractivity contribution in [1.82, 2.24) is 15.2 Å². The summed E-state index contributed by atoms with van der Waals surface area (Å²) in [6.45, 7) is 9.76. The molecule has 12 heteroatoms. The third kappa shape index (κ3) is 7.38. The quantitative estimate of drug-likeness (QED) is 0.398. The summed E-state index contributed by atoms with van der Waals surface area (Å²) in [6.07, 6.45) is 4.34. The number of carbonyl (C=O) groups is 1. The van der Waals surface area contributed by atoms with Crippen LogP contribution < -0.4 is 20.3 Å². The fraction of sp³-hybridized carbons (Fsp3) is 0.556. The number of fused-ring (bicyclic) bond motifs is 1. The van der Waals surface area contributed by atoms with Gasteiger partial charge in [0.1, 0.15) is 0 Å². The van der Waals surface area contributed by atoms with Gasteiger partial charge in [0.05, 0.1) is 0 Å². The Kier molecular flexibility index (Phi) is 9.16. The lowest BCUT2D eigenvalue weighted by Gasteiger charge is -2.39. The van der Waals surface area contributed by atoms with Crippen molar-refractivity contribution in [2.45, 2.75) is 78.7 Å². The maximum atomic E-state index is 13.1. The van der Waals surface area contributed by atoms with Crippen LogP contribution in [0, 0.1) is 33.6 Å². The fourth-order valence-corrected chi connectivity index (χ4v) is 5.42. The SMILES string of the molecule is Cc1cc(C)c(CNC(=O)c2cc(C)c3c(c2C)O[C@@](C)([C@H]2CC[C@H](N(C)C)CC2)O3)c(=O)[nH]1.O=S(=O)(O)O. The molecule has 1 atom stereocenters. The Bertz CT molecular complexity index is 1390. The van der Waals surface area contributed by atoms with Crippen molar-refractivity contribution in [3.8, 4) is 11.5 Å². The second kappa shape index (κ2) is 11.7. The van der Waals surface area contributed by atoms with Gasteiger partial charge in [-0.15, -0.1) is 0 Å². The summed E-state index contributed by atoms with van der Waals surface area (Å²) in [5.41, 5.74) is 4.24. The van der Waals surface area contributed by atoms with E-state index in [9.17, 15) is 9.59 Å². The fourth-order valence-electron chi connectivity index (χ4n) is 5.42. The van der Waals surface area contributed by atoms with Crippen molar-refractivity contribution in [2.24, 2.45) is 5.92 Å². The van der Waals surface area contributed by atoms with Crippen LogP contribution in [-0.2, 0) is 16.9 Å². The number of aromatic amines is 1. The van der Waals surface area contributed by atoms with Gasteiger partial charge in [-0.1, -0.05) is 0 Å². The molecule has 2 heterocycles. The van der Waals surface area contributed by atoms with Gasteiger partial charge in [0.15, 0.2) is 11.5 Å². The second-order valence-corrected chi connectivity index (χ2v) is 11.7. The summed E-state index contributed by atoms with van der Waals surface area (Å²) in [7, 11) is -0.388. The summed E-state index contributed by atoms with van der Waals surface area (Å²) in [4.78, 5) is 30.5. The van der Waals surface area contributed by atoms with Crippen LogP contribution in [0.2, 0.25) is 0 Å². The van der Waals surface area contributed by atoms with Crippen LogP contribution in [0.5, 0.6) is 11.5 Å². The van der Waals surface area contributed by atoms with Gasteiger partial charge >= 0.3 is 10.4 Å². The Morgan fingerprint density at radius 1 is 1.05 bits per heavy atom. The van der Waals surface area contributed by atoms with Gasteiger partial charge in [0, 0.05) is 47.8 Å². The lowest BCUT2D eigenvalue weighted by Crippen LogP contribution is -2.46. The Hall–Kier alpha value is -2.93. The number of ether oxygens (including phenoxy) is 2. The molecule has 1 saturated carbocycles. The highest BCUT2D eigenvalue weighted by Gasteiger charge is 2.47. The predicted molar refractivity (Wildman–Crippen MR) is 147 cm³/mol. The number of aryl methyl sites for hydroxylation is 3.